The van der Waals surface area contributed by atoms with Crippen LogP contribution in [-0.2, 0) is 0 Å². The standard InChI is InChI=1S/C18H13N3O5S/c1-2-26-14-9-11(21(24)25)7-10(16(14)22)8-15-17(23)20-13-6-4-3-5-12(13)19-18(20)27-15/h3-9,22H,2H2,1H3/b15-8-. The number of phenols is 1. The number of hydrogen-bond donors (Lipinski definition) is 1. The van der Waals surface area contributed by atoms with Gasteiger partial charge in [0.2, 0.25) is 0 Å². The van der Waals surface area contributed by atoms with Crippen LogP contribution in [0, 0.1) is 10.1 Å². The minimum absolute atomic E-state index is 0.00261. The van der Waals surface area contributed by atoms with Crippen LogP contribution in [0.15, 0.2) is 41.2 Å². The lowest BCUT2D eigenvalue weighted by molar-refractivity contribution is -0.385. The van der Waals surface area contributed by atoms with E-state index in [-0.39, 0.29) is 34.9 Å². The van der Waals surface area contributed by atoms with E-state index in [0.29, 0.717) is 20.5 Å². The largest absolute Gasteiger partial charge is 0.504 e. The first-order valence-electron chi connectivity index (χ1n) is 8.05. The van der Waals surface area contributed by atoms with Gasteiger partial charge in [-0.15, -0.1) is 0 Å². The van der Waals surface area contributed by atoms with Crippen molar-refractivity contribution < 1.29 is 14.8 Å². The molecule has 0 fully saturated rings. The summed E-state index contributed by atoms with van der Waals surface area (Å²) in [6.45, 7) is 1.94. The molecule has 0 saturated heterocycles. The number of phenolic OH excluding ortho intramolecular Hbond substituents is 1. The molecule has 136 valence electrons. The Morgan fingerprint density at radius 1 is 1.37 bits per heavy atom. The highest BCUT2D eigenvalue weighted by atomic mass is 32.1. The summed E-state index contributed by atoms with van der Waals surface area (Å²) in [4.78, 5) is 28.3. The minimum Gasteiger partial charge on any atom is -0.504 e. The quantitative estimate of drug-likeness (QED) is 0.429. The predicted octanol–water partition coefficient (Wildman–Crippen LogP) is 2.47. The SMILES string of the molecule is CCOc1cc([N+](=O)[O-])cc(/C=c2\sc3nc4ccccc4n3c2=O)c1O. The number of rotatable bonds is 4. The molecule has 0 atom stereocenters. The molecular weight excluding hydrogens is 370 g/mol. The van der Waals surface area contributed by atoms with Crippen molar-refractivity contribution in [2.24, 2.45) is 0 Å². The van der Waals surface area contributed by atoms with Gasteiger partial charge < -0.3 is 9.84 Å². The number of aromatic nitrogens is 2. The Morgan fingerprint density at radius 3 is 2.89 bits per heavy atom. The first-order valence-corrected chi connectivity index (χ1v) is 8.87. The molecule has 0 bridgehead atoms. The molecule has 0 aliphatic rings. The monoisotopic (exact) mass is 383 g/mol. The van der Waals surface area contributed by atoms with Crippen molar-refractivity contribution >= 4 is 39.1 Å². The van der Waals surface area contributed by atoms with Crippen LogP contribution in [0.2, 0.25) is 0 Å². The zero-order valence-corrected chi connectivity index (χ0v) is 14.9. The van der Waals surface area contributed by atoms with E-state index in [0.717, 1.165) is 17.4 Å². The van der Waals surface area contributed by atoms with Gasteiger partial charge in [0.15, 0.2) is 16.5 Å². The van der Waals surface area contributed by atoms with Crippen molar-refractivity contribution in [1.29, 1.82) is 0 Å². The molecule has 0 aliphatic heterocycles. The van der Waals surface area contributed by atoms with Crippen LogP contribution in [0.4, 0.5) is 5.69 Å². The maximum atomic E-state index is 12.8. The van der Waals surface area contributed by atoms with Crippen LogP contribution in [0.1, 0.15) is 12.5 Å². The Labute approximate surface area is 155 Å². The van der Waals surface area contributed by atoms with Crippen LogP contribution in [-0.4, -0.2) is 26.0 Å². The highest BCUT2D eigenvalue weighted by Crippen LogP contribution is 2.35. The summed E-state index contributed by atoms with van der Waals surface area (Å²) in [5.41, 5.74) is 1.00. The Balaban J connectivity index is 1.97. The van der Waals surface area contributed by atoms with Crippen molar-refractivity contribution in [3.05, 3.63) is 67.0 Å². The van der Waals surface area contributed by atoms with Crippen LogP contribution in [0.3, 0.4) is 0 Å². The van der Waals surface area contributed by atoms with E-state index in [1.165, 1.54) is 16.5 Å². The molecule has 1 N–H and O–H groups in total. The molecule has 0 spiro atoms. The van der Waals surface area contributed by atoms with Gasteiger partial charge in [0, 0.05) is 11.6 Å². The summed E-state index contributed by atoms with van der Waals surface area (Å²) in [7, 11) is 0. The Kier molecular flexibility index (Phi) is 4.00. The smallest absolute Gasteiger partial charge is 0.274 e. The number of non-ortho nitro benzene ring substituents is 1. The van der Waals surface area contributed by atoms with E-state index in [1.54, 1.807) is 13.0 Å². The molecule has 2 aromatic carbocycles. The molecule has 8 nitrogen and oxygen atoms in total. The highest BCUT2D eigenvalue weighted by molar-refractivity contribution is 7.15. The lowest BCUT2D eigenvalue weighted by Gasteiger charge is -2.07. The first-order chi connectivity index (χ1) is 13.0. The summed E-state index contributed by atoms with van der Waals surface area (Å²) in [6, 6.07) is 9.63. The van der Waals surface area contributed by atoms with Gasteiger partial charge in [0.1, 0.15) is 0 Å². The second-order valence-corrected chi connectivity index (χ2v) is 6.72. The fourth-order valence-corrected chi connectivity index (χ4v) is 3.83. The number of benzene rings is 2. The predicted molar refractivity (Wildman–Crippen MR) is 102 cm³/mol. The lowest BCUT2D eigenvalue weighted by Crippen LogP contribution is -2.22. The molecule has 9 heteroatoms. The number of aromatic hydroxyl groups is 1. The number of thiazole rings is 1. The molecule has 0 radical (unpaired) electrons. The van der Waals surface area contributed by atoms with Gasteiger partial charge in [-0.3, -0.25) is 14.9 Å². The number of hydrogen-bond acceptors (Lipinski definition) is 7. The van der Waals surface area contributed by atoms with Crippen molar-refractivity contribution in [3.8, 4) is 11.5 Å². The summed E-state index contributed by atoms with van der Waals surface area (Å²) >= 11 is 1.15. The molecule has 0 saturated carbocycles. The molecule has 0 aliphatic carbocycles. The van der Waals surface area contributed by atoms with Gasteiger partial charge in [-0.25, -0.2) is 9.38 Å². The fraction of sp³-hybridized carbons (Fsp3) is 0.111. The average Bonchev–Trinajstić information content (AvgIpc) is 3.15. The molecular formula is C18H13N3O5S. The summed E-state index contributed by atoms with van der Waals surface area (Å²) in [5.74, 6) is -0.255. The van der Waals surface area contributed by atoms with Gasteiger partial charge in [0.05, 0.1) is 33.2 Å². The first kappa shape index (κ1) is 17.0. The van der Waals surface area contributed by atoms with E-state index in [4.69, 9.17) is 4.74 Å². The van der Waals surface area contributed by atoms with Crippen molar-refractivity contribution in [2.75, 3.05) is 6.61 Å². The summed E-state index contributed by atoms with van der Waals surface area (Å²) in [6.07, 6.45) is 1.42. The summed E-state index contributed by atoms with van der Waals surface area (Å²) in [5, 5.41) is 21.5. The minimum atomic E-state index is -0.577. The van der Waals surface area contributed by atoms with Crippen molar-refractivity contribution in [2.45, 2.75) is 6.92 Å². The van der Waals surface area contributed by atoms with E-state index in [9.17, 15) is 20.0 Å². The van der Waals surface area contributed by atoms with Crippen LogP contribution in [0.25, 0.3) is 22.1 Å². The maximum Gasteiger partial charge on any atom is 0.274 e. The number of imidazole rings is 1. The Hall–Kier alpha value is -3.46. The number of nitro benzene ring substituents is 1. The molecule has 0 unspecified atom stereocenters. The molecule has 2 aromatic heterocycles. The van der Waals surface area contributed by atoms with Gasteiger partial charge >= 0.3 is 0 Å². The van der Waals surface area contributed by atoms with Gasteiger partial charge in [-0.1, -0.05) is 23.5 Å². The van der Waals surface area contributed by atoms with Crippen LogP contribution < -0.4 is 14.8 Å². The maximum absolute atomic E-state index is 12.8. The Bertz CT molecular complexity index is 1310. The molecule has 4 rings (SSSR count). The second-order valence-electron chi connectivity index (χ2n) is 5.71. The molecule has 0 amide bonds. The lowest BCUT2D eigenvalue weighted by atomic mass is 10.1. The second kappa shape index (κ2) is 6.36. The zero-order valence-electron chi connectivity index (χ0n) is 14.1. The highest BCUT2D eigenvalue weighted by Gasteiger charge is 2.17. The van der Waals surface area contributed by atoms with Crippen molar-refractivity contribution in [1.82, 2.24) is 9.38 Å². The number of nitrogens with zero attached hydrogens (tertiary/aromatic N) is 3. The third-order valence-corrected chi connectivity index (χ3v) is 5.00. The number of nitro groups is 1. The number of fused-ring (bicyclic) bond motifs is 3. The normalized spacial score (nSPS) is 12.1. The van der Waals surface area contributed by atoms with E-state index >= 15 is 0 Å². The summed E-state index contributed by atoms with van der Waals surface area (Å²) < 4.78 is 7.07. The topological polar surface area (TPSA) is 107 Å². The van der Waals surface area contributed by atoms with Crippen LogP contribution >= 0.6 is 11.3 Å². The van der Waals surface area contributed by atoms with Gasteiger partial charge in [0.25, 0.3) is 11.2 Å². The molecule has 2 heterocycles. The van der Waals surface area contributed by atoms with Crippen molar-refractivity contribution in [3.63, 3.8) is 0 Å². The van der Waals surface area contributed by atoms with Gasteiger partial charge in [-0.2, -0.15) is 0 Å². The van der Waals surface area contributed by atoms with E-state index < -0.39 is 4.92 Å². The van der Waals surface area contributed by atoms with Crippen LogP contribution in [0.5, 0.6) is 11.5 Å². The average molecular weight is 383 g/mol. The third-order valence-electron chi connectivity index (χ3n) is 4.03. The molecule has 27 heavy (non-hydrogen) atoms. The molecule has 4 aromatic rings. The number of ether oxygens (including phenoxy) is 1. The van der Waals surface area contributed by atoms with E-state index in [1.807, 2.05) is 18.2 Å². The fourth-order valence-electron chi connectivity index (χ4n) is 2.85. The number of para-hydroxylation sites is 2. The zero-order chi connectivity index (χ0) is 19.1. The Morgan fingerprint density at radius 2 is 2.15 bits per heavy atom. The van der Waals surface area contributed by atoms with Gasteiger partial charge in [-0.05, 0) is 25.1 Å². The van der Waals surface area contributed by atoms with E-state index in [2.05, 4.69) is 4.98 Å². The third kappa shape index (κ3) is 2.77.